The van der Waals surface area contributed by atoms with Crippen LogP contribution in [0.5, 0.6) is 5.75 Å². The van der Waals surface area contributed by atoms with Crippen LogP contribution in [0.3, 0.4) is 0 Å². The third-order valence-electron chi connectivity index (χ3n) is 5.22. The van der Waals surface area contributed by atoms with Gasteiger partial charge in [0.25, 0.3) is 0 Å². The molecule has 0 fully saturated rings. The Bertz CT molecular complexity index is 1440. The van der Waals surface area contributed by atoms with Crippen LogP contribution in [0.25, 0.3) is 10.2 Å². The smallest absolute Gasteiger partial charge is 0.229 e. The number of pyridine rings is 1. The average Bonchev–Trinajstić information content (AvgIpc) is 3.27. The molecule has 0 bridgehead atoms. The van der Waals surface area contributed by atoms with Crippen molar-refractivity contribution in [2.45, 2.75) is 24.3 Å². The summed E-state index contributed by atoms with van der Waals surface area (Å²) in [5.74, 6) is -1.64. The lowest BCUT2D eigenvalue weighted by atomic mass is 10.2. The second-order valence-corrected chi connectivity index (χ2v) is 10.8. The quantitative estimate of drug-likeness (QED) is 0.318. The molecule has 0 aliphatic carbocycles. The Hall–Kier alpha value is -3.44. The lowest BCUT2D eigenvalue weighted by Crippen LogP contribution is -2.30. The fourth-order valence-corrected chi connectivity index (χ4v) is 5.78. The van der Waals surface area contributed by atoms with Gasteiger partial charge in [0.05, 0.1) is 29.0 Å². The molecule has 7 nitrogen and oxygen atoms in total. The molecule has 11 heteroatoms. The summed E-state index contributed by atoms with van der Waals surface area (Å²) >= 11 is 0.984. The van der Waals surface area contributed by atoms with Gasteiger partial charge in [0.2, 0.25) is 5.91 Å². The maximum atomic E-state index is 14.2. The molecule has 2 heterocycles. The van der Waals surface area contributed by atoms with E-state index in [2.05, 4.69) is 9.97 Å². The molecule has 0 aliphatic rings. The van der Waals surface area contributed by atoms with Crippen LogP contribution in [-0.4, -0.2) is 37.2 Å². The van der Waals surface area contributed by atoms with Crippen LogP contribution in [0, 0.1) is 11.6 Å². The number of aromatic nitrogens is 2. The number of carbonyl (C=O) groups excluding carboxylic acids is 1. The Kier molecular flexibility index (Phi) is 7.37. The van der Waals surface area contributed by atoms with Crippen LogP contribution in [-0.2, 0) is 21.2 Å². The highest BCUT2D eigenvalue weighted by Gasteiger charge is 2.23. The number of anilines is 1. The average molecular weight is 518 g/mol. The van der Waals surface area contributed by atoms with Crippen LogP contribution >= 0.6 is 11.3 Å². The second-order valence-electron chi connectivity index (χ2n) is 7.67. The van der Waals surface area contributed by atoms with Gasteiger partial charge in [0, 0.05) is 24.9 Å². The predicted molar refractivity (Wildman–Crippen MR) is 129 cm³/mol. The van der Waals surface area contributed by atoms with Crippen molar-refractivity contribution in [1.29, 1.82) is 0 Å². The SMILES string of the molecule is COc1ccc(S(=O)(=O)CCCC(=O)N(Cc2cccnc2)c2nc3c(F)cc(F)cc3s2)cc1. The zero-order valence-corrected chi connectivity index (χ0v) is 20.3. The minimum atomic E-state index is -3.60. The van der Waals surface area contributed by atoms with Gasteiger partial charge in [-0.1, -0.05) is 17.4 Å². The Morgan fingerprint density at radius 3 is 2.60 bits per heavy atom. The van der Waals surface area contributed by atoms with E-state index >= 15 is 0 Å². The van der Waals surface area contributed by atoms with Gasteiger partial charge in [0.15, 0.2) is 20.8 Å². The van der Waals surface area contributed by atoms with Gasteiger partial charge in [-0.3, -0.25) is 14.7 Å². The van der Waals surface area contributed by atoms with Crippen molar-refractivity contribution in [2.24, 2.45) is 0 Å². The molecule has 0 atom stereocenters. The number of halogens is 2. The summed E-state index contributed by atoms with van der Waals surface area (Å²) in [6.07, 6.45) is 3.17. The molecule has 0 aliphatic heterocycles. The molecule has 2 aromatic carbocycles. The number of carbonyl (C=O) groups is 1. The third kappa shape index (κ3) is 5.80. The monoisotopic (exact) mass is 517 g/mol. The van der Waals surface area contributed by atoms with Gasteiger partial charge >= 0.3 is 0 Å². The van der Waals surface area contributed by atoms with E-state index in [9.17, 15) is 22.0 Å². The van der Waals surface area contributed by atoms with Crippen molar-refractivity contribution in [3.63, 3.8) is 0 Å². The van der Waals surface area contributed by atoms with E-state index in [0.29, 0.717) is 11.3 Å². The molecule has 0 radical (unpaired) electrons. The van der Waals surface area contributed by atoms with E-state index in [4.69, 9.17) is 4.74 Å². The first-order valence-electron chi connectivity index (χ1n) is 10.6. The molecule has 0 saturated heterocycles. The number of nitrogens with zero attached hydrogens (tertiary/aromatic N) is 3. The van der Waals surface area contributed by atoms with E-state index in [-0.39, 0.29) is 45.4 Å². The number of rotatable bonds is 9. The predicted octanol–water partition coefficient (Wildman–Crippen LogP) is 4.77. The van der Waals surface area contributed by atoms with Crippen molar-refractivity contribution in [3.05, 3.63) is 78.1 Å². The summed E-state index contributed by atoms with van der Waals surface area (Å²) in [6, 6.07) is 11.4. The summed E-state index contributed by atoms with van der Waals surface area (Å²) in [5.41, 5.74) is 0.676. The minimum Gasteiger partial charge on any atom is -0.497 e. The molecule has 35 heavy (non-hydrogen) atoms. The summed E-state index contributed by atoms with van der Waals surface area (Å²) in [5, 5.41) is 0.191. The Labute approximate surface area is 204 Å². The largest absolute Gasteiger partial charge is 0.497 e. The van der Waals surface area contributed by atoms with Crippen molar-refractivity contribution in [3.8, 4) is 5.75 Å². The number of benzene rings is 2. The van der Waals surface area contributed by atoms with Crippen LogP contribution in [0.4, 0.5) is 13.9 Å². The molecule has 2 aromatic heterocycles. The molecule has 0 saturated carbocycles. The Morgan fingerprint density at radius 2 is 1.91 bits per heavy atom. The molecule has 0 N–H and O–H groups in total. The van der Waals surface area contributed by atoms with Crippen molar-refractivity contribution in [2.75, 3.05) is 17.8 Å². The van der Waals surface area contributed by atoms with E-state index in [1.54, 1.807) is 36.7 Å². The van der Waals surface area contributed by atoms with Crippen LogP contribution < -0.4 is 9.64 Å². The molecular formula is C24H21F2N3O4S2. The highest BCUT2D eigenvalue weighted by molar-refractivity contribution is 7.91. The summed E-state index contributed by atoms with van der Waals surface area (Å²) in [7, 11) is -2.11. The standard InChI is InChI=1S/C24H21F2N3O4S2/c1-33-18-6-8-19(9-7-18)35(31,32)11-3-5-22(30)29(15-16-4-2-10-27-14-16)24-28-23-20(26)12-17(25)13-21(23)34-24/h2,4,6-10,12-14H,3,5,11,15H2,1H3. The van der Waals surface area contributed by atoms with Gasteiger partial charge < -0.3 is 4.74 Å². The van der Waals surface area contributed by atoms with E-state index in [0.717, 1.165) is 23.5 Å². The molecule has 0 spiro atoms. The van der Waals surface area contributed by atoms with Crippen LogP contribution in [0.15, 0.2) is 65.8 Å². The van der Waals surface area contributed by atoms with Crippen LogP contribution in [0.1, 0.15) is 18.4 Å². The number of methoxy groups -OCH3 is 1. The number of fused-ring (bicyclic) bond motifs is 1. The molecule has 4 aromatic rings. The number of hydrogen-bond donors (Lipinski definition) is 0. The second kappa shape index (κ2) is 10.4. The number of thiazole rings is 1. The maximum Gasteiger partial charge on any atom is 0.229 e. The molecule has 182 valence electrons. The number of amides is 1. The molecule has 1 amide bonds. The summed E-state index contributed by atoms with van der Waals surface area (Å²) in [4.78, 5) is 22.9. The van der Waals surface area contributed by atoms with Gasteiger partial charge in [0.1, 0.15) is 17.1 Å². The molecular weight excluding hydrogens is 496 g/mol. The summed E-state index contributed by atoms with van der Waals surface area (Å²) in [6.45, 7) is 0.0990. The highest BCUT2D eigenvalue weighted by Crippen LogP contribution is 2.32. The van der Waals surface area contributed by atoms with E-state index < -0.39 is 27.4 Å². The summed E-state index contributed by atoms with van der Waals surface area (Å²) < 4.78 is 58.5. The Balaban J connectivity index is 1.53. The number of ether oxygens (including phenoxy) is 1. The van der Waals surface area contributed by atoms with Gasteiger partial charge in [-0.25, -0.2) is 22.2 Å². The first kappa shape index (κ1) is 24.7. The third-order valence-corrected chi connectivity index (χ3v) is 8.06. The first-order chi connectivity index (χ1) is 16.8. The van der Waals surface area contributed by atoms with Gasteiger partial charge in [-0.2, -0.15) is 0 Å². The van der Waals surface area contributed by atoms with Gasteiger partial charge in [-0.05, 0) is 48.4 Å². The topological polar surface area (TPSA) is 89.5 Å². The lowest BCUT2D eigenvalue weighted by Gasteiger charge is -2.20. The highest BCUT2D eigenvalue weighted by atomic mass is 32.2. The zero-order valence-electron chi connectivity index (χ0n) is 18.6. The number of sulfone groups is 1. The van der Waals surface area contributed by atoms with Crippen molar-refractivity contribution in [1.82, 2.24) is 9.97 Å². The van der Waals surface area contributed by atoms with E-state index in [1.165, 1.54) is 24.1 Å². The normalized spacial score (nSPS) is 11.5. The lowest BCUT2D eigenvalue weighted by molar-refractivity contribution is -0.118. The fraction of sp³-hybridized carbons (Fsp3) is 0.208. The van der Waals surface area contributed by atoms with Crippen molar-refractivity contribution < 1.29 is 26.7 Å². The molecule has 4 rings (SSSR count). The van der Waals surface area contributed by atoms with E-state index in [1.807, 2.05) is 0 Å². The molecule has 0 unspecified atom stereocenters. The maximum absolute atomic E-state index is 14.2. The minimum absolute atomic E-state index is 0.0301. The fourth-order valence-electron chi connectivity index (χ4n) is 3.45. The van der Waals surface area contributed by atoms with Crippen LogP contribution in [0.2, 0.25) is 0 Å². The first-order valence-corrected chi connectivity index (χ1v) is 13.1. The van der Waals surface area contributed by atoms with Crippen molar-refractivity contribution >= 4 is 42.4 Å². The number of hydrogen-bond acceptors (Lipinski definition) is 7. The Morgan fingerprint density at radius 1 is 1.14 bits per heavy atom. The van der Waals surface area contributed by atoms with Gasteiger partial charge in [-0.15, -0.1) is 0 Å². The zero-order chi connectivity index (χ0) is 25.0.